The molecule has 0 bridgehead atoms. The molecule has 0 aliphatic carbocycles. The molecule has 2 aromatic carbocycles. The van der Waals surface area contributed by atoms with Crippen molar-refractivity contribution in [2.45, 2.75) is 0 Å². The maximum Gasteiger partial charge on any atom is 0.275 e. The lowest BCUT2D eigenvalue weighted by atomic mass is 10.2. The van der Waals surface area contributed by atoms with Gasteiger partial charge in [0.25, 0.3) is 5.91 Å². The minimum Gasteiger partial charge on any atom is -0.507 e. The number of amides is 1. The highest BCUT2D eigenvalue weighted by Gasteiger charge is 2.11. The topological polar surface area (TPSA) is 80.2 Å². The largest absolute Gasteiger partial charge is 0.507 e. The van der Waals surface area contributed by atoms with Gasteiger partial charge in [0.15, 0.2) is 11.5 Å². The Morgan fingerprint density at radius 2 is 1.92 bits per heavy atom. The van der Waals surface area contributed by atoms with E-state index in [0.717, 1.165) is 0 Å². The van der Waals surface area contributed by atoms with Gasteiger partial charge in [-0.05, 0) is 46.3 Å². The summed E-state index contributed by atoms with van der Waals surface area (Å²) in [6, 6.07) is 7.61. The lowest BCUT2D eigenvalue weighted by Crippen LogP contribution is -2.17. The van der Waals surface area contributed by atoms with Crippen LogP contribution >= 0.6 is 27.5 Å². The van der Waals surface area contributed by atoms with Crippen LogP contribution in [0.2, 0.25) is 5.02 Å². The summed E-state index contributed by atoms with van der Waals surface area (Å²) >= 11 is 9.20. The molecule has 8 heteroatoms. The van der Waals surface area contributed by atoms with Crippen LogP contribution in [-0.2, 0) is 0 Å². The van der Waals surface area contributed by atoms with Crippen molar-refractivity contribution in [3.8, 4) is 17.2 Å². The Balaban J connectivity index is 2.17. The Labute approximate surface area is 152 Å². The van der Waals surface area contributed by atoms with E-state index in [-0.39, 0.29) is 11.3 Å². The van der Waals surface area contributed by atoms with Crippen LogP contribution in [0.25, 0.3) is 0 Å². The third kappa shape index (κ3) is 4.18. The Hall–Kier alpha value is -2.25. The Bertz CT molecular complexity index is 796. The van der Waals surface area contributed by atoms with E-state index < -0.39 is 5.91 Å². The molecular formula is C16H14BrClN2O4. The summed E-state index contributed by atoms with van der Waals surface area (Å²) in [6.45, 7) is 0. The second-order valence-electron chi connectivity index (χ2n) is 4.59. The number of hydrazone groups is 1. The summed E-state index contributed by atoms with van der Waals surface area (Å²) in [7, 11) is 3.06. The van der Waals surface area contributed by atoms with Crippen LogP contribution in [0.15, 0.2) is 39.9 Å². The summed E-state index contributed by atoms with van der Waals surface area (Å²) in [4.78, 5) is 12.0. The quantitative estimate of drug-likeness (QED) is 0.580. The minimum absolute atomic E-state index is 0.0334. The number of phenolic OH excluding ortho intramolecular Hbond substituents is 1. The highest BCUT2D eigenvalue weighted by Crippen LogP contribution is 2.32. The van der Waals surface area contributed by atoms with Gasteiger partial charge in [-0.1, -0.05) is 11.6 Å². The van der Waals surface area contributed by atoms with Crippen LogP contribution in [0, 0.1) is 0 Å². The van der Waals surface area contributed by atoms with Crippen molar-refractivity contribution >= 4 is 39.7 Å². The first-order chi connectivity index (χ1) is 11.5. The zero-order valence-corrected chi connectivity index (χ0v) is 15.2. The SMILES string of the molecule is COc1cc(Br)c(/C=N\NC(=O)c2cc(Cl)ccc2O)cc1OC. The number of rotatable bonds is 5. The van der Waals surface area contributed by atoms with Crippen molar-refractivity contribution in [3.05, 3.63) is 51.0 Å². The molecule has 6 nitrogen and oxygen atoms in total. The van der Waals surface area contributed by atoms with Crippen molar-refractivity contribution in [2.75, 3.05) is 14.2 Å². The van der Waals surface area contributed by atoms with Gasteiger partial charge in [-0.25, -0.2) is 5.43 Å². The smallest absolute Gasteiger partial charge is 0.275 e. The van der Waals surface area contributed by atoms with E-state index in [0.29, 0.717) is 26.6 Å². The Morgan fingerprint density at radius 3 is 2.58 bits per heavy atom. The van der Waals surface area contributed by atoms with Gasteiger partial charge in [0.2, 0.25) is 0 Å². The van der Waals surface area contributed by atoms with E-state index in [9.17, 15) is 9.90 Å². The molecule has 0 aromatic heterocycles. The zero-order valence-electron chi connectivity index (χ0n) is 12.8. The fourth-order valence-electron chi connectivity index (χ4n) is 1.88. The average Bonchev–Trinajstić information content (AvgIpc) is 2.57. The van der Waals surface area contributed by atoms with Gasteiger partial charge in [-0.3, -0.25) is 4.79 Å². The molecule has 1 amide bonds. The van der Waals surface area contributed by atoms with Gasteiger partial charge in [0.05, 0.1) is 26.0 Å². The average molecular weight is 414 g/mol. The van der Waals surface area contributed by atoms with Crippen molar-refractivity contribution < 1.29 is 19.4 Å². The normalized spacial score (nSPS) is 10.7. The molecule has 0 saturated carbocycles. The van der Waals surface area contributed by atoms with Gasteiger partial charge in [-0.15, -0.1) is 0 Å². The van der Waals surface area contributed by atoms with Crippen molar-refractivity contribution in [1.29, 1.82) is 0 Å². The Morgan fingerprint density at radius 1 is 1.25 bits per heavy atom. The van der Waals surface area contributed by atoms with Crippen LogP contribution in [0.4, 0.5) is 0 Å². The van der Waals surface area contributed by atoms with Crippen LogP contribution in [0.5, 0.6) is 17.2 Å². The van der Waals surface area contributed by atoms with E-state index >= 15 is 0 Å². The van der Waals surface area contributed by atoms with Crippen LogP contribution in [0.3, 0.4) is 0 Å². The highest BCUT2D eigenvalue weighted by atomic mass is 79.9. The van der Waals surface area contributed by atoms with Gasteiger partial charge in [-0.2, -0.15) is 5.10 Å². The number of phenols is 1. The molecule has 126 valence electrons. The monoisotopic (exact) mass is 412 g/mol. The molecule has 2 aromatic rings. The number of halogens is 2. The first kappa shape index (κ1) is 18.1. The number of benzene rings is 2. The van der Waals surface area contributed by atoms with Crippen molar-refractivity contribution in [1.82, 2.24) is 5.43 Å². The maximum atomic E-state index is 12.0. The van der Waals surface area contributed by atoms with E-state index in [1.54, 1.807) is 12.1 Å². The number of nitrogens with zero attached hydrogens (tertiary/aromatic N) is 1. The van der Waals surface area contributed by atoms with E-state index in [2.05, 4.69) is 26.5 Å². The summed E-state index contributed by atoms with van der Waals surface area (Å²) in [5.74, 6) is 0.331. The highest BCUT2D eigenvalue weighted by molar-refractivity contribution is 9.10. The number of hydrogen-bond donors (Lipinski definition) is 2. The molecule has 0 fully saturated rings. The molecule has 2 rings (SSSR count). The van der Waals surface area contributed by atoms with E-state index in [4.69, 9.17) is 21.1 Å². The molecule has 24 heavy (non-hydrogen) atoms. The molecule has 0 spiro atoms. The predicted octanol–water partition coefficient (Wildman–Crippen LogP) is 3.59. The van der Waals surface area contributed by atoms with Gasteiger partial charge in [0.1, 0.15) is 5.75 Å². The van der Waals surface area contributed by atoms with E-state index in [1.807, 2.05) is 0 Å². The number of ether oxygens (including phenoxy) is 2. The maximum absolute atomic E-state index is 12.0. The second-order valence-corrected chi connectivity index (χ2v) is 5.88. The molecule has 0 saturated heterocycles. The zero-order chi connectivity index (χ0) is 17.7. The number of carbonyl (C=O) groups excluding carboxylic acids is 1. The first-order valence-corrected chi connectivity index (χ1v) is 7.86. The predicted molar refractivity (Wildman–Crippen MR) is 95.4 cm³/mol. The molecular weight excluding hydrogens is 400 g/mol. The van der Waals surface area contributed by atoms with Crippen LogP contribution in [-0.4, -0.2) is 31.4 Å². The number of hydrogen-bond acceptors (Lipinski definition) is 5. The molecule has 0 aliphatic rings. The number of aromatic hydroxyl groups is 1. The third-order valence-electron chi connectivity index (χ3n) is 3.08. The summed E-state index contributed by atoms with van der Waals surface area (Å²) in [5.41, 5.74) is 3.03. The van der Waals surface area contributed by atoms with E-state index in [1.165, 1.54) is 38.6 Å². The van der Waals surface area contributed by atoms with Gasteiger partial charge in [0, 0.05) is 15.1 Å². The van der Waals surface area contributed by atoms with Crippen LogP contribution < -0.4 is 14.9 Å². The molecule has 0 atom stereocenters. The van der Waals surface area contributed by atoms with Crippen molar-refractivity contribution in [3.63, 3.8) is 0 Å². The fourth-order valence-corrected chi connectivity index (χ4v) is 2.48. The number of methoxy groups -OCH3 is 2. The van der Waals surface area contributed by atoms with Crippen molar-refractivity contribution in [2.24, 2.45) is 5.10 Å². The minimum atomic E-state index is -0.581. The Kier molecular flexibility index (Phi) is 6.05. The second kappa shape index (κ2) is 8.03. The van der Waals surface area contributed by atoms with Gasteiger partial charge >= 0.3 is 0 Å². The summed E-state index contributed by atoms with van der Waals surface area (Å²) < 4.78 is 11.1. The molecule has 0 radical (unpaired) electrons. The number of nitrogens with one attached hydrogen (secondary N) is 1. The molecule has 0 aliphatic heterocycles. The standard InChI is InChI=1S/C16H14BrClN2O4/c1-23-14-5-9(12(17)7-15(14)24-2)8-19-20-16(22)11-6-10(18)3-4-13(11)21/h3-8,21H,1-2H3,(H,20,22)/b19-8-. The van der Waals surface area contributed by atoms with Gasteiger partial charge < -0.3 is 14.6 Å². The third-order valence-corrected chi connectivity index (χ3v) is 4.00. The molecule has 0 unspecified atom stereocenters. The first-order valence-electron chi connectivity index (χ1n) is 6.69. The molecule has 0 heterocycles. The summed E-state index contributed by atoms with van der Waals surface area (Å²) in [6.07, 6.45) is 1.44. The fraction of sp³-hybridized carbons (Fsp3) is 0.125. The van der Waals surface area contributed by atoms with Crippen LogP contribution in [0.1, 0.15) is 15.9 Å². The summed E-state index contributed by atoms with van der Waals surface area (Å²) in [5, 5.41) is 13.9. The lowest BCUT2D eigenvalue weighted by Gasteiger charge is -2.09. The number of carbonyl (C=O) groups is 1. The lowest BCUT2D eigenvalue weighted by molar-refractivity contribution is 0.0952. The molecule has 2 N–H and O–H groups in total.